The summed E-state index contributed by atoms with van der Waals surface area (Å²) < 4.78 is 5.07. The van der Waals surface area contributed by atoms with E-state index in [-0.39, 0.29) is 5.91 Å². The van der Waals surface area contributed by atoms with Crippen LogP contribution in [-0.2, 0) is 9.53 Å². The standard InChI is InChI=1S/C15H25N3O2/c1-13-6-3-4-7-14(13)17-15(19)12-18(9-5-8-16)10-11-20-2/h3-4,6-7H,5,8-12,16H2,1-2H3,(H,17,19). The molecular weight excluding hydrogens is 254 g/mol. The lowest BCUT2D eigenvalue weighted by Crippen LogP contribution is -2.37. The smallest absolute Gasteiger partial charge is 0.238 e. The van der Waals surface area contributed by atoms with Gasteiger partial charge >= 0.3 is 0 Å². The van der Waals surface area contributed by atoms with Gasteiger partial charge in [0, 0.05) is 19.3 Å². The van der Waals surface area contributed by atoms with E-state index in [4.69, 9.17) is 10.5 Å². The predicted octanol–water partition coefficient (Wildman–Crippen LogP) is 1.23. The zero-order valence-corrected chi connectivity index (χ0v) is 12.4. The third-order valence-electron chi connectivity index (χ3n) is 3.08. The number of ether oxygens (including phenoxy) is 1. The van der Waals surface area contributed by atoms with Gasteiger partial charge in [0.25, 0.3) is 0 Å². The van der Waals surface area contributed by atoms with E-state index in [1.54, 1.807) is 7.11 Å². The molecule has 20 heavy (non-hydrogen) atoms. The zero-order valence-electron chi connectivity index (χ0n) is 12.4. The molecule has 5 heteroatoms. The second kappa shape index (κ2) is 9.47. The van der Waals surface area contributed by atoms with Crippen LogP contribution in [0, 0.1) is 6.92 Å². The van der Waals surface area contributed by atoms with Crippen molar-refractivity contribution >= 4 is 11.6 Å². The number of hydrogen-bond acceptors (Lipinski definition) is 4. The number of nitrogens with one attached hydrogen (secondary N) is 1. The van der Waals surface area contributed by atoms with Gasteiger partial charge in [-0.2, -0.15) is 0 Å². The largest absolute Gasteiger partial charge is 0.383 e. The highest BCUT2D eigenvalue weighted by Gasteiger charge is 2.11. The fraction of sp³-hybridized carbons (Fsp3) is 0.533. The van der Waals surface area contributed by atoms with Crippen LogP contribution in [0.15, 0.2) is 24.3 Å². The molecule has 1 rings (SSSR count). The summed E-state index contributed by atoms with van der Waals surface area (Å²) in [5.74, 6) is -0.00701. The third-order valence-corrected chi connectivity index (χ3v) is 3.08. The van der Waals surface area contributed by atoms with Crippen molar-refractivity contribution in [3.05, 3.63) is 29.8 Å². The molecule has 5 nitrogen and oxygen atoms in total. The number of anilines is 1. The molecule has 0 unspecified atom stereocenters. The SMILES string of the molecule is COCCN(CCCN)CC(=O)Nc1ccccc1C. The summed E-state index contributed by atoms with van der Waals surface area (Å²) in [5, 5.41) is 2.94. The van der Waals surface area contributed by atoms with Crippen LogP contribution in [0.2, 0.25) is 0 Å². The maximum absolute atomic E-state index is 12.1. The van der Waals surface area contributed by atoms with Gasteiger partial charge < -0.3 is 15.8 Å². The Hall–Kier alpha value is -1.43. The molecular formula is C15H25N3O2. The summed E-state index contributed by atoms with van der Waals surface area (Å²) in [4.78, 5) is 14.1. The van der Waals surface area contributed by atoms with Crippen molar-refractivity contribution in [2.24, 2.45) is 5.73 Å². The number of nitrogens with zero attached hydrogens (tertiary/aromatic N) is 1. The van der Waals surface area contributed by atoms with Crippen LogP contribution in [0.5, 0.6) is 0 Å². The molecule has 112 valence electrons. The lowest BCUT2D eigenvalue weighted by molar-refractivity contribution is -0.117. The molecule has 0 aliphatic rings. The number of nitrogens with two attached hydrogens (primary N) is 1. The molecule has 1 amide bonds. The number of rotatable bonds is 9. The van der Waals surface area contributed by atoms with Crippen molar-refractivity contribution in [2.75, 3.05) is 45.2 Å². The fourth-order valence-corrected chi connectivity index (χ4v) is 1.91. The van der Waals surface area contributed by atoms with E-state index in [1.165, 1.54) is 0 Å². The highest BCUT2D eigenvalue weighted by Crippen LogP contribution is 2.12. The van der Waals surface area contributed by atoms with Crippen LogP contribution in [-0.4, -0.2) is 50.7 Å². The van der Waals surface area contributed by atoms with Crippen LogP contribution in [0.4, 0.5) is 5.69 Å². The van der Waals surface area contributed by atoms with E-state index >= 15 is 0 Å². The monoisotopic (exact) mass is 279 g/mol. The number of benzene rings is 1. The first-order valence-corrected chi connectivity index (χ1v) is 6.94. The molecule has 0 aliphatic carbocycles. The number of carbonyl (C=O) groups is 1. The molecule has 3 N–H and O–H groups in total. The molecule has 0 bridgehead atoms. The van der Waals surface area contributed by atoms with Gasteiger partial charge in [0.2, 0.25) is 5.91 Å². The van der Waals surface area contributed by atoms with Gasteiger partial charge in [-0.05, 0) is 38.1 Å². The minimum absolute atomic E-state index is 0.00701. The first-order chi connectivity index (χ1) is 9.67. The van der Waals surface area contributed by atoms with Gasteiger partial charge in [-0.3, -0.25) is 9.69 Å². The van der Waals surface area contributed by atoms with Crippen molar-refractivity contribution < 1.29 is 9.53 Å². The van der Waals surface area contributed by atoms with Crippen molar-refractivity contribution in [1.82, 2.24) is 4.90 Å². The van der Waals surface area contributed by atoms with Crippen LogP contribution >= 0.6 is 0 Å². The van der Waals surface area contributed by atoms with Crippen LogP contribution in [0.1, 0.15) is 12.0 Å². The number of amides is 1. The van der Waals surface area contributed by atoms with E-state index in [9.17, 15) is 4.79 Å². The Balaban J connectivity index is 2.50. The van der Waals surface area contributed by atoms with Gasteiger partial charge in [0.15, 0.2) is 0 Å². The second-order valence-electron chi connectivity index (χ2n) is 4.77. The van der Waals surface area contributed by atoms with Crippen molar-refractivity contribution in [1.29, 1.82) is 0 Å². The maximum Gasteiger partial charge on any atom is 0.238 e. The molecule has 0 radical (unpaired) electrons. The van der Waals surface area contributed by atoms with Gasteiger partial charge in [-0.25, -0.2) is 0 Å². The summed E-state index contributed by atoms with van der Waals surface area (Å²) in [5.41, 5.74) is 7.45. The van der Waals surface area contributed by atoms with E-state index < -0.39 is 0 Å². The van der Waals surface area contributed by atoms with E-state index in [0.29, 0.717) is 19.7 Å². The predicted molar refractivity (Wildman–Crippen MR) is 81.8 cm³/mol. The van der Waals surface area contributed by atoms with Crippen LogP contribution in [0.25, 0.3) is 0 Å². The average Bonchev–Trinajstić information content (AvgIpc) is 2.44. The molecule has 1 aromatic rings. The minimum Gasteiger partial charge on any atom is -0.383 e. The Morgan fingerprint density at radius 2 is 2.10 bits per heavy atom. The highest BCUT2D eigenvalue weighted by atomic mass is 16.5. The zero-order chi connectivity index (χ0) is 14.8. The Morgan fingerprint density at radius 1 is 1.35 bits per heavy atom. The number of methoxy groups -OCH3 is 1. The van der Waals surface area contributed by atoms with Gasteiger partial charge in [-0.15, -0.1) is 0 Å². The van der Waals surface area contributed by atoms with E-state index in [2.05, 4.69) is 10.2 Å². The molecule has 0 heterocycles. The summed E-state index contributed by atoms with van der Waals surface area (Å²) in [7, 11) is 1.66. The Bertz CT molecular complexity index is 402. The highest BCUT2D eigenvalue weighted by molar-refractivity contribution is 5.92. The van der Waals surface area contributed by atoms with Crippen molar-refractivity contribution in [3.63, 3.8) is 0 Å². The molecule has 0 saturated heterocycles. The maximum atomic E-state index is 12.1. The summed E-state index contributed by atoms with van der Waals surface area (Å²) in [6, 6.07) is 7.76. The molecule has 0 aromatic heterocycles. The average molecular weight is 279 g/mol. The first kappa shape index (κ1) is 16.6. The number of para-hydroxylation sites is 1. The van der Waals surface area contributed by atoms with Gasteiger partial charge in [0.05, 0.1) is 13.2 Å². The lowest BCUT2D eigenvalue weighted by Gasteiger charge is -2.21. The summed E-state index contributed by atoms with van der Waals surface area (Å²) in [6.07, 6.45) is 0.876. The topological polar surface area (TPSA) is 67.6 Å². The minimum atomic E-state index is -0.00701. The Kier molecular flexibility index (Phi) is 7.87. The lowest BCUT2D eigenvalue weighted by atomic mass is 10.2. The van der Waals surface area contributed by atoms with Crippen LogP contribution in [0.3, 0.4) is 0 Å². The molecule has 0 aliphatic heterocycles. The Morgan fingerprint density at radius 3 is 2.75 bits per heavy atom. The number of carbonyl (C=O) groups excluding carboxylic acids is 1. The third kappa shape index (κ3) is 6.14. The number of hydrogen-bond donors (Lipinski definition) is 2. The van der Waals surface area contributed by atoms with E-state index in [0.717, 1.165) is 30.8 Å². The van der Waals surface area contributed by atoms with Gasteiger partial charge in [-0.1, -0.05) is 18.2 Å². The molecule has 0 saturated carbocycles. The Labute approximate surface area is 121 Å². The first-order valence-electron chi connectivity index (χ1n) is 6.94. The van der Waals surface area contributed by atoms with Crippen LogP contribution < -0.4 is 11.1 Å². The molecule has 0 fully saturated rings. The summed E-state index contributed by atoms with van der Waals surface area (Å²) in [6.45, 7) is 5.12. The molecule has 0 spiro atoms. The van der Waals surface area contributed by atoms with Gasteiger partial charge in [0.1, 0.15) is 0 Å². The fourth-order valence-electron chi connectivity index (χ4n) is 1.91. The quantitative estimate of drug-likeness (QED) is 0.713. The van der Waals surface area contributed by atoms with Crippen molar-refractivity contribution in [2.45, 2.75) is 13.3 Å². The molecule has 0 atom stereocenters. The second-order valence-corrected chi connectivity index (χ2v) is 4.77. The molecule has 1 aromatic carbocycles. The normalized spacial score (nSPS) is 10.8. The van der Waals surface area contributed by atoms with E-state index in [1.807, 2.05) is 31.2 Å². The summed E-state index contributed by atoms with van der Waals surface area (Å²) >= 11 is 0. The van der Waals surface area contributed by atoms with Crippen molar-refractivity contribution in [3.8, 4) is 0 Å². The number of aryl methyl sites for hydroxylation is 1.